The Bertz CT molecular complexity index is 232. The predicted octanol–water partition coefficient (Wildman–Crippen LogP) is 1.20. The number of aliphatic hydroxyl groups excluding tert-OH is 1. The highest BCUT2D eigenvalue weighted by Gasteiger charge is 2.25. The first-order valence-corrected chi connectivity index (χ1v) is 6.01. The van der Waals surface area contributed by atoms with Gasteiger partial charge in [0.2, 0.25) is 0 Å². The summed E-state index contributed by atoms with van der Waals surface area (Å²) in [6, 6.07) is 0.0189. The Kier molecular flexibility index (Phi) is 6.49. The molecule has 5 heteroatoms. The number of nitrogens with zero attached hydrogens (tertiary/aromatic N) is 1. The zero-order valence-corrected chi connectivity index (χ0v) is 11.6. The van der Waals surface area contributed by atoms with Gasteiger partial charge in [0, 0.05) is 25.1 Å². The van der Waals surface area contributed by atoms with Gasteiger partial charge >= 0.3 is 6.09 Å². The van der Waals surface area contributed by atoms with Crippen LogP contribution in [0.5, 0.6) is 0 Å². The summed E-state index contributed by atoms with van der Waals surface area (Å²) in [6.45, 7) is 10.1. The molecule has 0 saturated heterocycles. The molecule has 3 N–H and O–H groups in total. The Labute approximate surface area is 104 Å². The first-order chi connectivity index (χ1) is 7.71. The molecule has 0 bridgehead atoms. The van der Waals surface area contributed by atoms with E-state index in [0.29, 0.717) is 13.1 Å². The number of rotatable bonds is 5. The summed E-state index contributed by atoms with van der Waals surface area (Å²) in [4.78, 5) is 13.5. The molecule has 102 valence electrons. The molecule has 0 aromatic rings. The van der Waals surface area contributed by atoms with Gasteiger partial charge in [-0.05, 0) is 41.2 Å². The quantitative estimate of drug-likeness (QED) is 0.764. The molecule has 0 aliphatic carbocycles. The highest BCUT2D eigenvalue weighted by Crippen LogP contribution is 2.13. The monoisotopic (exact) mass is 246 g/mol. The third-order valence-electron chi connectivity index (χ3n) is 2.30. The molecule has 1 atom stereocenters. The number of hydrogen-bond donors (Lipinski definition) is 2. The van der Waals surface area contributed by atoms with Crippen LogP contribution >= 0.6 is 0 Å². The molecule has 0 fully saturated rings. The number of aliphatic hydroxyl groups is 1. The van der Waals surface area contributed by atoms with Crippen LogP contribution in [-0.2, 0) is 4.74 Å². The van der Waals surface area contributed by atoms with Gasteiger partial charge in [-0.15, -0.1) is 0 Å². The fourth-order valence-electron chi connectivity index (χ4n) is 1.30. The van der Waals surface area contributed by atoms with Gasteiger partial charge in [0.15, 0.2) is 0 Å². The Hall–Kier alpha value is -0.810. The van der Waals surface area contributed by atoms with Crippen LogP contribution in [-0.4, -0.2) is 47.4 Å². The van der Waals surface area contributed by atoms with Crippen molar-refractivity contribution in [3.05, 3.63) is 0 Å². The summed E-state index contributed by atoms with van der Waals surface area (Å²) < 4.78 is 5.32. The lowest BCUT2D eigenvalue weighted by Crippen LogP contribution is -2.45. The van der Waals surface area contributed by atoms with Crippen LogP contribution in [0, 0.1) is 5.92 Å². The number of carbonyl (C=O) groups is 1. The van der Waals surface area contributed by atoms with Crippen LogP contribution in [0.4, 0.5) is 4.79 Å². The van der Waals surface area contributed by atoms with Crippen molar-refractivity contribution < 1.29 is 14.6 Å². The molecular formula is C12H26N2O3. The average molecular weight is 246 g/mol. The Morgan fingerprint density at radius 2 is 1.94 bits per heavy atom. The summed E-state index contributed by atoms with van der Waals surface area (Å²) in [6.07, 6.45) is -0.362. The minimum Gasteiger partial charge on any atom is -0.444 e. The van der Waals surface area contributed by atoms with Crippen LogP contribution in [0.25, 0.3) is 0 Å². The van der Waals surface area contributed by atoms with E-state index in [0.717, 1.165) is 0 Å². The molecule has 17 heavy (non-hydrogen) atoms. The van der Waals surface area contributed by atoms with E-state index in [2.05, 4.69) is 0 Å². The molecule has 0 aromatic heterocycles. The molecule has 0 rings (SSSR count). The van der Waals surface area contributed by atoms with Gasteiger partial charge in [0.25, 0.3) is 0 Å². The lowest BCUT2D eigenvalue weighted by atomic mass is 10.1. The molecular weight excluding hydrogens is 220 g/mol. The Morgan fingerprint density at radius 3 is 2.24 bits per heavy atom. The number of nitrogens with two attached hydrogens (primary N) is 1. The summed E-state index contributed by atoms with van der Waals surface area (Å²) >= 11 is 0. The van der Waals surface area contributed by atoms with Crippen LogP contribution in [0.2, 0.25) is 0 Å². The first-order valence-electron chi connectivity index (χ1n) is 6.01. The summed E-state index contributed by atoms with van der Waals surface area (Å²) in [5, 5.41) is 9.11. The zero-order valence-electron chi connectivity index (χ0n) is 11.6. The minimum absolute atomic E-state index is 0.0189. The predicted molar refractivity (Wildman–Crippen MR) is 67.7 cm³/mol. The third kappa shape index (κ3) is 6.48. The SMILES string of the molecule is CC(C)N(CC(CN)CO)C(=O)OC(C)(C)C. The summed E-state index contributed by atoms with van der Waals surface area (Å²) in [7, 11) is 0. The number of hydrogen-bond acceptors (Lipinski definition) is 4. The van der Waals surface area contributed by atoms with Crippen molar-refractivity contribution in [1.29, 1.82) is 0 Å². The van der Waals surface area contributed by atoms with Crippen molar-refractivity contribution in [3.8, 4) is 0 Å². The minimum atomic E-state index is -0.512. The molecule has 0 heterocycles. The van der Waals surface area contributed by atoms with E-state index in [1.165, 1.54) is 0 Å². The van der Waals surface area contributed by atoms with Gasteiger partial charge in [-0.2, -0.15) is 0 Å². The largest absolute Gasteiger partial charge is 0.444 e. The van der Waals surface area contributed by atoms with Gasteiger partial charge in [0.05, 0.1) is 0 Å². The molecule has 0 aliphatic heterocycles. The van der Waals surface area contributed by atoms with Gasteiger partial charge < -0.3 is 20.5 Å². The zero-order chi connectivity index (χ0) is 13.6. The van der Waals surface area contributed by atoms with Gasteiger partial charge in [-0.25, -0.2) is 4.79 Å². The second kappa shape index (κ2) is 6.81. The Morgan fingerprint density at radius 1 is 1.41 bits per heavy atom. The van der Waals surface area contributed by atoms with Crippen molar-refractivity contribution in [2.75, 3.05) is 19.7 Å². The third-order valence-corrected chi connectivity index (χ3v) is 2.30. The molecule has 0 aromatic carbocycles. The van der Waals surface area contributed by atoms with Crippen molar-refractivity contribution in [3.63, 3.8) is 0 Å². The van der Waals surface area contributed by atoms with Gasteiger partial charge in [-0.3, -0.25) is 0 Å². The van der Waals surface area contributed by atoms with Crippen LogP contribution in [0.3, 0.4) is 0 Å². The maximum absolute atomic E-state index is 11.9. The number of amides is 1. The van der Waals surface area contributed by atoms with E-state index in [1.807, 2.05) is 34.6 Å². The van der Waals surface area contributed by atoms with Crippen molar-refractivity contribution in [1.82, 2.24) is 4.90 Å². The van der Waals surface area contributed by atoms with Crippen molar-refractivity contribution in [2.45, 2.75) is 46.3 Å². The maximum Gasteiger partial charge on any atom is 0.410 e. The highest BCUT2D eigenvalue weighted by atomic mass is 16.6. The average Bonchev–Trinajstić information content (AvgIpc) is 2.15. The fraction of sp³-hybridized carbons (Fsp3) is 0.917. The highest BCUT2D eigenvalue weighted by molar-refractivity contribution is 5.68. The van der Waals surface area contributed by atoms with E-state index in [4.69, 9.17) is 15.6 Å². The lowest BCUT2D eigenvalue weighted by Gasteiger charge is -2.32. The van der Waals surface area contributed by atoms with E-state index >= 15 is 0 Å². The second-order valence-electron chi connectivity index (χ2n) is 5.51. The van der Waals surface area contributed by atoms with E-state index < -0.39 is 5.60 Å². The molecule has 0 radical (unpaired) electrons. The molecule has 0 aliphatic rings. The second-order valence-corrected chi connectivity index (χ2v) is 5.51. The van der Waals surface area contributed by atoms with E-state index in [1.54, 1.807) is 4.90 Å². The van der Waals surface area contributed by atoms with Crippen molar-refractivity contribution in [2.24, 2.45) is 11.7 Å². The molecule has 5 nitrogen and oxygen atoms in total. The van der Waals surface area contributed by atoms with Gasteiger partial charge in [-0.1, -0.05) is 0 Å². The smallest absolute Gasteiger partial charge is 0.410 e. The standard InChI is InChI=1S/C12H26N2O3/c1-9(2)14(7-10(6-13)8-15)11(16)17-12(3,4)5/h9-10,15H,6-8,13H2,1-5H3. The topological polar surface area (TPSA) is 75.8 Å². The summed E-state index contributed by atoms with van der Waals surface area (Å²) in [5.41, 5.74) is 5.01. The molecule has 0 saturated carbocycles. The van der Waals surface area contributed by atoms with Crippen LogP contribution in [0.15, 0.2) is 0 Å². The molecule has 1 unspecified atom stereocenters. The molecule has 0 spiro atoms. The first kappa shape index (κ1) is 16.2. The normalized spacial score (nSPS) is 13.6. The van der Waals surface area contributed by atoms with Crippen LogP contribution < -0.4 is 5.73 Å². The maximum atomic E-state index is 11.9. The summed E-state index contributed by atoms with van der Waals surface area (Å²) in [5.74, 6) is -0.107. The number of carbonyl (C=O) groups excluding carboxylic acids is 1. The molecule has 1 amide bonds. The Balaban J connectivity index is 4.57. The van der Waals surface area contributed by atoms with E-state index in [-0.39, 0.29) is 24.7 Å². The lowest BCUT2D eigenvalue weighted by molar-refractivity contribution is 0.0139. The van der Waals surface area contributed by atoms with Gasteiger partial charge in [0.1, 0.15) is 5.60 Å². The van der Waals surface area contributed by atoms with Crippen LogP contribution in [0.1, 0.15) is 34.6 Å². The number of ether oxygens (including phenoxy) is 1. The van der Waals surface area contributed by atoms with E-state index in [9.17, 15) is 4.79 Å². The van der Waals surface area contributed by atoms with Crippen molar-refractivity contribution >= 4 is 6.09 Å². The fourth-order valence-corrected chi connectivity index (χ4v) is 1.30.